The largest absolute Gasteiger partial charge is 0.465 e. The molecule has 1 aliphatic heterocycles. The molecule has 1 atom stereocenters. The summed E-state index contributed by atoms with van der Waals surface area (Å²) in [6.07, 6.45) is 0.356. The summed E-state index contributed by atoms with van der Waals surface area (Å²) >= 11 is 0. The van der Waals surface area contributed by atoms with Crippen molar-refractivity contribution in [3.05, 3.63) is 35.4 Å². The van der Waals surface area contributed by atoms with Crippen LogP contribution < -0.4 is 0 Å². The molecule has 0 bridgehead atoms. The summed E-state index contributed by atoms with van der Waals surface area (Å²) in [5.41, 5.74) is 2.25. The number of hydrogen-bond donors (Lipinski definition) is 1. The first kappa shape index (κ1) is 12.6. The maximum absolute atomic E-state index is 11.5. The molecule has 1 saturated heterocycles. The molecular weight excluding hydrogens is 230 g/mol. The molecule has 0 spiro atoms. The number of benzene rings is 1. The van der Waals surface area contributed by atoms with E-state index in [4.69, 9.17) is 5.11 Å². The average Bonchev–Trinajstić information content (AvgIpc) is 2.32. The Morgan fingerprint density at radius 3 is 2.67 bits per heavy atom. The molecule has 4 heteroatoms. The minimum atomic E-state index is -0.931. The lowest BCUT2D eigenvalue weighted by molar-refractivity contribution is -0.122. The van der Waals surface area contributed by atoms with E-state index in [0.29, 0.717) is 25.8 Å². The molecule has 96 valence electrons. The molecule has 1 heterocycles. The number of nitrogens with zero attached hydrogens (tertiary/aromatic N) is 1. The SMILES string of the molecule is Cc1ccc(CC2CC(=O)CCN2C(=O)O)cc1. The Kier molecular flexibility index (Phi) is 3.65. The zero-order valence-corrected chi connectivity index (χ0v) is 10.4. The quantitative estimate of drug-likeness (QED) is 0.872. The van der Waals surface area contributed by atoms with Gasteiger partial charge in [-0.3, -0.25) is 4.79 Å². The van der Waals surface area contributed by atoms with Crippen molar-refractivity contribution in [2.24, 2.45) is 0 Å². The van der Waals surface area contributed by atoms with Crippen molar-refractivity contribution >= 4 is 11.9 Å². The fourth-order valence-electron chi connectivity index (χ4n) is 2.33. The van der Waals surface area contributed by atoms with E-state index in [9.17, 15) is 9.59 Å². The maximum atomic E-state index is 11.5. The van der Waals surface area contributed by atoms with Crippen LogP contribution in [0.4, 0.5) is 4.79 Å². The first-order valence-electron chi connectivity index (χ1n) is 6.13. The molecule has 1 N–H and O–H groups in total. The highest BCUT2D eigenvalue weighted by Gasteiger charge is 2.30. The highest BCUT2D eigenvalue weighted by molar-refractivity contribution is 5.82. The van der Waals surface area contributed by atoms with Gasteiger partial charge in [0.1, 0.15) is 5.78 Å². The summed E-state index contributed by atoms with van der Waals surface area (Å²) in [6, 6.07) is 7.78. The van der Waals surface area contributed by atoms with Gasteiger partial charge in [0.25, 0.3) is 0 Å². The summed E-state index contributed by atoms with van der Waals surface area (Å²) in [6.45, 7) is 2.34. The van der Waals surface area contributed by atoms with Crippen LogP contribution in [0.2, 0.25) is 0 Å². The van der Waals surface area contributed by atoms with Gasteiger partial charge in [-0.05, 0) is 18.9 Å². The molecule has 1 unspecified atom stereocenters. The third-order valence-corrected chi connectivity index (χ3v) is 3.37. The van der Waals surface area contributed by atoms with E-state index in [1.165, 1.54) is 10.5 Å². The Hall–Kier alpha value is -1.84. The van der Waals surface area contributed by atoms with Crippen molar-refractivity contribution in [2.75, 3.05) is 6.54 Å². The highest BCUT2D eigenvalue weighted by Crippen LogP contribution is 2.19. The first-order chi connectivity index (χ1) is 8.56. The van der Waals surface area contributed by atoms with Gasteiger partial charge in [-0.1, -0.05) is 29.8 Å². The second-order valence-corrected chi connectivity index (χ2v) is 4.81. The molecule has 1 fully saturated rings. The third kappa shape index (κ3) is 2.88. The van der Waals surface area contributed by atoms with Crippen LogP contribution >= 0.6 is 0 Å². The number of ketones is 1. The summed E-state index contributed by atoms with van der Waals surface area (Å²) < 4.78 is 0. The average molecular weight is 247 g/mol. The van der Waals surface area contributed by atoms with Gasteiger partial charge in [0.2, 0.25) is 0 Å². The van der Waals surface area contributed by atoms with Gasteiger partial charge in [-0.2, -0.15) is 0 Å². The van der Waals surface area contributed by atoms with E-state index in [-0.39, 0.29) is 11.8 Å². The van der Waals surface area contributed by atoms with Crippen LogP contribution in [0, 0.1) is 6.92 Å². The van der Waals surface area contributed by atoms with Crippen LogP contribution in [0.5, 0.6) is 0 Å². The molecule has 18 heavy (non-hydrogen) atoms. The van der Waals surface area contributed by atoms with Gasteiger partial charge in [-0.25, -0.2) is 4.79 Å². The number of amides is 1. The first-order valence-corrected chi connectivity index (χ1v) is 6.13. The molecule has 2 rings (SSSR count). The molecule has 1 aromatic rings. The van der Waals surface area contributed by atoms with Crippen LogP contribution in [-0.2, 0) is 11.2 Å². The lowest BCUT2D eigenvalue weighted by Gasteiger charge is -2.32. The summed E-state index contributed by atoms with van der Waals surface area (Å²) in [5, 5.41) is 9.13. The highest BCUT2D eigenvalue weighted by atomic mass is 16.4. The van der Waals surface area contributed by atoms with Crippen molar-refractivity contribution in [1.82, 2.24) is 4.90 Å². The number of carbonyl (C=O) groups is 2. The number of likely N-dealkylation sites (tertiary alicyclic amines) is 1. The zero-order valence-electron chi connectivity index (χ0n) is 10.4. The van der Waals surface area contributed by atoms with Crippen LogP contribution in [0.25, 0.3) is 0 Å². The predicted molar refractivity (Wildman–Crippen MR) is 67.6 cm³/mol. The topological polar surface area (TPSA) is 57.6 Å². The summed E-state index contributed by atoms with van der Waals surface area (Å²) in [5.74, 6) is 0.157. The van der Waals surface area contributed by atoms with Gasteiger partial charge in [-0.15, -0.1) is 0 Å². The van der Waals surface area contributed by atoms with Crippen molar-refractivity contribution in [2.45, 2.75) is 32.2 Å². The monoisotopic (exact) mass is 247 g/mol. The van der Waals surface area contributed by atoms with Crippen molar-refractivity contribution in [1.29, 1.82) is 0 Å². The van der Waals surface area contributed by atoms with E-state index >= 15 is 0 Å². The number of carbonyl (C=O) groups excluding carboxylic acids is 1. The Bertz CT molecular complexity index is 453. The number of carboxylic acid groups (broad SMARTS) is 1. The molecule has 0 aliphatic carbocycles. The van der Waals surface area contributed by atoms with Gasteiger partial charge >= 0.3 is 6.09 Å². The van der Waals surface area contributed by atoms with Crippen molar-refractivity contribution < 1.29 is 14.7 Å². The summed E-state index contributed by atoms with van der Waals surface area (Å²) in [4.78, 5) is 24.0. The Morgan fingerprint density at radius 1 is 1.39 bits per heavy atom. The predicted octanol–water partition coefficient (Wildman–Crippen LogP) is 2.25. The second-order valence-electron chi connectivity index (χ2n) is 4.81. The summed E-state index contributed by atoms with van der Waals surface area (Å²) in [7, 11) is 0. The smallest absolute Gasteiger partial charge is 0.407 e. The standard InChI is InChI=1S/C14H17NO3/c1-10-2-4-11(5-3-10)8-12-9-13(16)6-7-15(12)14(17)18/h2-5,12H,6-9H2,1H3,(H,17,18). The molecule has 0 radical (unpaired) electrons. The minimum absolute atomic E-state index is 0.157. The second kappa shape index (κ2) is 5.21. The van der Waals surface area contributed by atoms with Gasteiger partial charge < -0.3 is 10.0 Å². The van der Waals surface area contributed by atoms with Crippen LogP contribution in [0.3, 0.4) is 0 Å². The molecular formula is C14H17NO3. The number of aryl methyl sites for hydroxylation is 1. The Morgan fingerprint density at radius 2 is 2.06 bits per heavy atom. The van der Waals surface area contributed by atoms with Gasteiger partial charge in [0, 0.05) is 25.4 Å². The van der Waals surface area contributed by atoms with Crippen LogP contribution in [0.15, 0.2) is 24.3 Å². The van der Waals surface area contributed by atoms with E-state index in [0.717, 1.165) is 5.56 Å². The van der Waals surface area contributed by atoms with E-state index < -0.39 is 6.09 Å². The minimum Gasteiger partial charge on any atom is -0.465 e. The number of piperidine rings is 1. The van der Waals surface area contributed by atoms with E-state index in [2.05, 4.69) is 0 Å². The van der Waals surface area contributed by atoms with Gasteiger partial charge in [0.15, 0.2) is 0 Å². The fourth-order valence-corrected chi connectivity index (χ4v) is 2.33. The molecule has 4 nitrogen and oxygen atoms in total. The van der Waals surface area contributed by atoms with Crippen molar-refractivity contribution in [3.63, 3.8) is 0 Å². The number of hydrogen-bond acceptors (Lipinski definition) is 2. The normalized spacial score (nSPS) is 19.9. The molecule has 0 aromatic heterocycles. The van der Waals surface area contributed by atoms with E-state index in [1.807, 2.05) is 31.2 Å². The van der Waals surface area contributed by atoms with Crippen LogP contribution in [-0.4, -0.2) is 34.5 Å². The third-order valence-electron chi connectivity index (χ3n) is 3.37. The molecule has 1 amide bonds. The van der Waals surface area contributed by atoms with Crippen LogP contribution in [0.1, 0.15) is 24.0 Å². The fraction of sp³-hybridized carbons (Fsp3) is 0.429. The zero-order chi connectivity index (χ0) is 13.1. The number of rotatable bonds is 2. The maximum Gasteiger partial charge on any atom is 0.407 e. The number of Topliss-reactive ketones (excluding diaryl/α,β-unsaturated/α-hetero) is 1. The molecule has 1 aromatic carbocycles. The Balaban J connectivity index is 2.11. The lowest BCUT2D eigenvalue weighted by atomic mass is 9.95. The Labute approximate surface area is 106 Å². The van der Waals surface area contributed by atoms with Gasteiger partial charge in [0.05, 0.1) is 0 Å². The van der Waals surface area contributed by atoms with Crippen molar-refractivity contribution in [3.8, 4) is 0 Å². The molecule has 1 aliphatic rings. The lowest BCUT2D eigenvalue weighted by Crippen LogP contribution is -2.46. The molecule has 0 saturated carbocycles. The van der Waals surface area contributed by atoms with E-state index in [1.54, 1.807) is 0 Å².